The van der Waals surface area contributed by atoms with Crippen LogP contribution in [0.25, 0.3) is 11.0 Å². The molecule has 4 heteroatoms. The van der Waals surface area contributed by atoms with Crippen LogP contribution in [-0.4, -0.2) is 21.9 Å². The Balaban J connectivity index is 1.74. The zero-order valence-corrected chi connectivity index (χ0v) is 10.3. The van der Waals surface area contributed by atoms with Gasteiger partial charge in [0, 0.05) is 17.6 Å². The number of aromatic nitrogens is 2. The quantitative estimate of drug-likeness (QED) is 0.851. The van der Waals surface area contributed by atoms with Gasteiger partial charge in [0.15, 0.2) is 0 Å². The van der Waals surface area contributed by atoms with Gasteiger partial charge >= 0.3 is 0 Å². The molecule has 4 nitrogen and oxygen atoms in total. The predicted octanol–water partition coefficient (Wildman–Crippen LogP) is 2.63. The number of carbonyl (C=O) groups is 1. The first kappa shape index (κ1) is 11.3. The molecule has 18 heavy (non-hydrogen) atoms. The van der Waals surface area contributed by atoms with Crippen molar-refractivity contribution >= 4 is 16.9 Å². The molecule has 2 aromatic heterocycles. The first-order valence-electron chi connectivity index (χ1n) is 6.58. The fourth-order valence-corrected chi connectivity index (χ4v) is 2.56. The molecule has 1 fully saturated rings. The van der Waals surface area contributed by atoms with E-state index in [4.69, 9.17) is 0 Å². The third-order valence-corrected chi connectivity index (χ3v) is 3.58. The lowest BCUT2D eigenvalue weighted by molar-refractivity contribution is 0.0923. The van der Waals surface area contributed by atoms with Crippen LogP contribution in [-0.2, 0) is 0 Å². The lowest BCUT2D eigenvalue weighted by atomic mass is 9.95. The zero-order chi connectivity index (χ0) is 12.4. The third-order valence-electron chi connectivity index (χ3n) is 3.58. The maximum atomic E-state index is 12.1. The standard InChI is InChI=1S/C14H17N3O/c18-14(16-11-4-2-1-3-5-11)12-7-6-10-8-9-15-13(10)17-12/h6-9,11H,1-5H2,(H,15,17)(H,16,18). The van der Waals surface area contributed by atoms with Crippen LogP contribution < -0.4 is 5.32 Å². The van der Waals surface area contributed by atoms with Crippen molar-refractivity contribution in [3.63, 3.8) is 0 Å². The third kappa shape index (κ3) is 2.23. The van der Waals surface area contributed by atoms with E-state index in [1.807, 2.05) is 18.3 Å². The highest BCUT2D eigenvalue weighted by Crippen LogP contribution is 2.18. The Hall–Kier alpha value is -1.84. The maximum absolute atomic E-state index is 12.1. The summed E-state index contributed by atoms with van der Waals surface area (Å²) < 4.78 is 0. The van der Waals surface area contributed by atoms with E-state index in [-0.39, 0.29) is 5.91 Å². The van der Waals surface area contributed by atoms with Gasteiger partial charge in [-0.25, -0.2) is 4.98 Å². The van der Waals surface area contributed by atoms with Gasteiger partial charge < -0.3 is 10.3 Å². The highest BCUT2D eigenvalue weighted by Gasteiger charge is 2.17. The van der Waals surface area contributed by atoms with Crippen molar-refractivity contribution < 1.29 is 4.79 Å². The average molecular weight is 243 g/mol. The van der Waals surface area contributed by atoms with E-state index in [1.54, 1.807) is 6.07 Å². The van der Waals surface area contributed by atoms with Crippen molar-refractivity contribution in [2.45, 2.75) is 38.1 Å². The van der Waals surface area contributed by atoms with Gasteiger partial charge in [-0.1, -0.05) is 19.3 Å². The molecule has 0 radical (unpaired) electrons. The second-order valence-electron chi connectivity index (χ2n) is 4.92. The van der Waals surface area contributed by atoms with Crippen LogP contribution in [0.15, 0.2) is 24.4 Å². The van der Waals surface area contributed by atoms with E-state index in [1.165, 1.54) is 19.3 Å². The number of amides is 1. The molecule has 0 aliphatic heterocycles. The number of fused-ring (bicyclic) bond motifs is 1. The summed E-state index contributed by atoms with van der Waals surface area (Å²) in [5.41, 5.74) is 1.27. The van der Waals surface area contributed by atoms with Crippen LogP contribution in [0.3, 0.4) is 0 Å². The molecule has 2 heterocycles. The van der Waals surface area contributed by atoms with Crippen LogP contribution in [0.4, 0.5) is 0 Å². The highest BCUT2D eigenvalue weighted by molar-refractivity contribution is 5.94. The second-order valence-corrected chi connectivity index (χ2v) is 4.92. The lowest BCUT2D eigenvalue weighted by Gasteiger charge is -2.22. The van der Waals surface area contributed by atoms with Gasteiger partial charge in [-0.3, -0.25) is 4.79 Å². The van der Waals surface area contributed by atoms with Crippen molar-refractivity contribution in [3.05, 3.63) is 30.1 Å². The molecule has 0 saturated heterocycles. The number of carbonyl (C=O) groups excluding carboxylic acids is 1. The van der Waals surface area contributed by atoms with Crippen LogP contribution in [0.2, 0.25) is 0 Å². The molecule has 0 atom stereocenters. The first-order valence-corrected chi connectivity index (χ1v) is 6.58. The van der Waals surface area contributed by atoms with Gasteiger partial charge in [0.25, 0.3) is 5.91 Å². The number of hydrogen-bond acceptors (Lipinski definition) is 2. The van der Waals surface area contributed by atoms with E-state index >= 15 is 0 Å². The van der Waals surface area contributed by atoms with Gasteiger partial charge in [0.05, 0.1) is 0 Å². The van der Waals surface area contributed by atoms with E-state index in [9.17, 15) is 4.79 Å². The summed E-state index contributed by atoms with van der Waals surface area (Å²) in [6.07, 6.45) is 7.74. The Morgan fingerprint density at radius 3 is 2.89 bits per heavy atom. The van der Waals surface area contributed by atoms with Crippen LogP contribution >= 0.6 is 0 Å². The molecule has 1 saturated carbocycles. The molecule has 94 valence electrons. The minimum atomic E-state index is -0.0570. The van der Waals surface area contributed by atoms with Gasteiger partial charge in [0.1, 0.15) is 11.3 Å². The Kier molecular flexibility index (Phi) is 3.00. The number of H-pyrrole nitrogens is 1. The number of nitrogens with zero attached hydrogens (tertiary/aromatic N) is 1. The Labute approximate surface area is 106 Å². The number of aromatic amines is 1. The Morgan fingerprint density at radius 2 is 2.06 bits per heavy atom. The topological polar surface area (TPSA) is 57.8 Å². The second kappa shape index (κ2) is 4.80. The normalized spacial score (nSPS) is 16.9. The summed E-state index contributed by atoms with van der Waals surface area (Å²) in [5.74, 6) is -0.0570. The van der Waals surface area contributed by atoms with Crippen LogP contribution in [0.1, 0.15) is 42.6 Å². The van der Waals surface area contributed by atoms with Crippen LogP contribution in [0, 0.1) is 0 Å². The van der Waals surface area contributed by atoms with E-state index in [0.29, 0.717) is 11.7 Å². The number of pyridine rings is 1. The molecule has 0 unspecified atom stereocenters. The van der Waals surface area contributed by atoms with Gasteiger partial charge in [-0.2, -0.15) is 0 Å². The molecule has 1 aliphatic carbocycles. The molecule has 0 bridgehead atoms. The molecule has 1 amide bonds. The summed E-state index contributed by atoms with van der Waals surface area (Å²) >= 11 is 0. The average Bonchev–Trinajstić information content (AvgIpc) is 2.87. The largest absolute Gasteiger partial charge is 0.348 e. The molecule has 2 aromatic rings. The molecule has 3 rings (SSSR count). The maximum Gasteiger partial charge on any atom is 0.270 e. The van der Waals surface area contributed by atoms with Crippen LogP contribution in [0.5, 0.6) is 0 Å². The summed E-state index contributed by atoms with van der Waals surface area (Å²) in [4.78, 5) is 19.5. The summed E-state index contributed by atoms with van der Waals surface area (Å²) in [6.45, 7) is 0. The van der Waals surface area contributed by atoms with Gasteiger partial charge in [-0.15, -0.1) is 0 Å². The number of hydrogen-bond donors (Lipinski definition) is 2. The molecule has 2 N–H and O–H groups in total. The minimum Gasteiger partial charge on any atom is -0.348 e. The Bertz CT molecular complexity index is 555. The summed E-state index contributed by atoms with van der Waals surface area (Å²) in [7, 11) is 0. The Morgan fingerprint density at radius 1 is 1.22 bits per heavy atom. The van der Waals surface area contributed by atoms with Crippen molar-refractivity contribution in [1.29, 1.82) is 0 Å². The molecule has 0 aromatic carbocycles. The van der Waals surface area contributed by atoms with Gasteiger partial charge in [0.2, 0.25) is 0 Å². The smallest absolute Gasteiger partial charge is 0.270 e. The van der Waals surface area contributed by atoms with Gasteiger partial charge in [-0.05, 0) is 31.0 Å². The fraction of sp³-hybridized carbons (Fsp3) is 0.429. The molecule has 0 spiro atoms. The van der Waals surface area contributed by atoms with Crippen molar-refractivity contribution in [3.8, 4) is 0 Å². The molecule has 1 aliphatic rings. The van der Waals surface area contributed by atoms with Crippen molar-refractivity contribution in [1.82, 2.24) is 15.3 Å². The molecular weight excluding hydrogens is 226 g/mol. The van der Waals surface area contributed by atoms with E-state index in [0.717, 1.165) is 23.9 Å². The SMILES string of the molecule is O=C(NC1CCCCC1)c1ccc2cc[nH]c2n1. The predicted molar refractivity (Wildman–Crippen MR) is 70.4 cm³/mol. The minimum absolute atomic E-state index is 0.0570. The van der Waals surface area contributed by atoms with Crippen molar-refractivity contribution in [2.24, 2.45) is 0 Å². The summed E-state index contributed by atoms with van der Waals surface area (Å²) in [6, 6.07) is 5.99. The zero-order valence-electron chi connectivity index (χ0n) is 10.3. The van der Waals surface area contributed by atoms with Crippen molar-refractivity contribution in [2.75, 3.05) is 0 Å². The lowest BCUT2D eigenvalue weighted by Crippen LogP contribution is -2.36. The number of nitrogens with one attached hydrogen (secondary N) is 2. The monoisotopic (exact) mass is 243 g/mol. The summed E-state index contributed by atoms with van der Waals surface area (Å²) in [5, 5.41) is 4.11. The molecular formula is C14H17N3O. The van der Waals surface area contributed by atoms with E-state index in [2.05, 4.69) is 15.3 Å². The highest BCUT2D eigenvalue weighted by atomic mass is 16.1. The van der Waals surface area contributed by atoms with E-state index < -0.39 is 0 Å². The fourth-order valence-electron chi connectivity index (χ4n) is 2.56. The number of rotatable bonds is 2. The first-order chi connectivity index (χ1) is 8.83.